The molecule has 4 nitrogen and oxygen atoms in total. The molecule has 0 bridgehead atoms. The second-order valence-electron chi connectivity index (χ2n) is 5.71. The van der Waals surface area contributed by atoms with Crippen LogP contribution in [0.4, 0.5) is 0 Å². The Kier molecular flexibility index (Phi) is 4.65. The summed E-state index contributed by atoms with van der Waals surface area (Å²) < 4.78 is 10.7. The SMILES string of the molecule is CCOC(=O)CCNCc1ccc2c(c1)CC(C)(C)O2. The summed E-state index contributed by atoms with van der Waals surface area (Å²) in [4.78, 5) is 11.2. The molecule has 0 atom stereocenters. The van der Waals surface area contributed by atoms with Crippen LogP contribution >= 0.6 is 0 Å². The van der Waals surface area contributed by atoms with Crippen molar-refractivity contribution in [3.63, 3.8) is 0 Å². The van der Waals surface area contributed by atoms with E-state index in [0.29, 0.717) is 19.6 Å². The van der Waals surface area contributed by atoms with Crippen LogP contribution in [-0.2, 0) is 22.5 Å². The van der Waals surface area contributed by atoms with E-state index in [2.05, 4.69) is 31.3 Å². The molecule has 0 aliphatic carbocycles. The topological polar surface area (TPSA) is 47.6 Å². The Bertz CT molecular complexity index is 483. The molecule has 0 saturated heterocycles. The van der Waals surface area contributed by atoms with Gasteiger partial charge in [-0.25, -0.2) is 0 Å². The number of ether oxygens (including phenoxy) is 2. The maximum atomic E-state index is 11.2. The van der Waals surface area contributed by atoms with E-state index >= 15 is 0 Å². The summed E-state index contributed by atoms with van der Waals surface area (Å²) in [5.74, 6) is 0.842. The summed E-state index contributed by atoms with van der Waals surface area (Å²) >= 11 is 0. The van der Waals surface area contributed by atoms with Gasteiger partial charge in [-0.1, -0.05) is 12.1 Å². The van der Waals surface area contributed by atoms with Crippen LogP contribution in [0.2, 0.25) is 0 Å². The number of benzene rings is 1. The number of carbonyl (C=O) groups excluding carboxylic acids is 1. The van der Waals surface area contributed by atoms with Gasteiger partial charge in [-0.2, -0.15) is 0 Å². The second-order valence-corrected chi connectivity index (χ2v) is 5.71. The average molecular weight is 277 g/mol. The summed E-state index contributed by atoms with van der Waals surface area (Å²) in [6.45, 7) is 7.86. The van der Waals surface area contributed by atoms with Gasteiger partial charge < -0.3 is 14.8 Å². The molecule has 0 saturated carbocycles. The van der Waals surface area contributed by atoms with Gasteiger partial charge in [-0.05, 0) is 38.0 Å². The Morgan fingerprint density at radius 3 is 3.00 bits per heavy atom. The number of hydrogen-bond donors (Lipinski definition) is 1. The molecule has 0 aromatic heterocycles. The van der Waals surface area contributed by atoms with Crippen LogP contribution in [0, 0.1) is 0 Å². The molecule has 0 fully saturated rings. The lowest BCUT2D eigenvalue weighted by Gasteiger charge is -2.16. The predicted molar refractivity (Wildman–Crippen MR) is 77.8 cm³/mol. The molecule has 0 spiro atoms. The normalized spacial score (nSPS) is 15.6. The highest BCUT2D eigenvalue weighted by molar-refractivity contribution is 5.69. The lowest BCUT2D eigenvalue weighted by molar-refractivity contribution is -0.142. The molecule has 4 heteroatoms. The van der Waals surface area contributed by atoms with Crippen molar-refractivity contribution in [1.29, 1.82) is 0 Å². The van der Waals surface area contributed by atoms with Gasteiger partial charge in [-0.15, -0.1) is 0 Å². The van der Waals surface area contributed by atoms with Gasteiger partial charge in [0.05, 0.1) is 13.0 Å². The third kappa shape index (κ3) is 3.97. The molecule has 0 unspecified atom stereocenters. The Hall–Kier alpha value is -1.55. The third-order valence-electron chi connectivity index (χ3n) is 3.27. The van der Waals surface area contributed by atoms with Crippen molar-refractivity contribution < 1.29 is 14.3 Å². The Morgan fingerprint density at radius 1 is 1.45 bits per heavy atom. The van der Waals surface area contributed by atoms with Gasteiger partial charge >= 0.3 is 5.97 Å². The highest BCUT2D eigenvalue weighted by Crippen LogP contribution is 2.35. The standard InChI is InChI=1S/C16H23NO3/c1-4-19-15(18)7-8-17-11-12-5-6-14-13(9-12)10-16(2,3)20-14/h5-6,9,17H,4,7-8,10-11H2,1-3H3. The number of nitrogens with one attached hydrogen (secondary N) is 1. The van der Waals surface area contributed by atoms with Crippen molar-refractivity contribution in [2.45, 2.75) is 45.8 Å². The smallest absolute Gasteiger partial charge is 0.307 e. The summed E-state index contributed by atoms with van der Waals surface area (Å²) in [6, 6.07) is 6.28. The van der Waals surface area contributed by atoms with Crippen molar-refractivity contribution in [2.24, 2.45) is 0 Å². The number of fused-ring (bicyclic) bond motifs is 1. The Labute approximate surface area is 120 Å². The van der Waals surface area contributed by atoms with Gasteiger partial charge in [0.15, 0.2) is 0 Å². The lowest BCUT2D eigenvalue weighted by Crippen LogP contribution is -2.24. The zero-order valence-electron chi connectivity index (χ0n) is 12.5. The van der Waals surface area contributed by atoms with Crippen LogP contribution in [0.3, 0.4) is 0 Å². The van der Waals surface area contributed by atoms with E-state index in [1.54, 1.807) is 0 Å². The molecular formula is C16H23NO3. The van der Waals surface area contributed by atoms with E-state index in [0.717, 1.165) is 18.7 Å². The van der Waals surface area contributed by atoms with Crippen molar-refractivity contribution in [3.8, 4) is 5.75 Å². The van der Waals surface area contributed by atoms with Crippen LogP contribution < -0.4 is 10.1 Å². The summed E-state index contributed by atoms with van der Waals surface area (Å²) in [6.07, 6.45) is 1.36. The second kappa shape index (κ2) is 6.27. The summed E-state index contributed by atoms with van der Waals surface area (Å²) in [5.41, 5.74) is 2.38. The largest absolute Gasteiger partial charge is 0.487 e. The number of carbonyl (C=O) groups is 1. The molecule has 2 rings (SSSR count). The van der Waals surface area contributed by atoms with E-state index in [4.69, 9.17) is 9.47 Å². The third-order valence-corrected chi connectivity index (χ3v) is 3.27. The fourth-order valence-electron chi connectivity index (χ4n) is 2.43. The number of hydrogen-bond acceptors (Lipinski definition) is 4. The van der Waals surface area contributed by atoms with Crippen LogP contribution in [0.1, 0.15) is 38.3 Å². The molecular weight excluding hydrogens is 254 g/mol. The van der Waals surface area contributed by atoms with Crippen LogP contribution in [0.5, 0.6) is 5.75 Å². The first-order chi connectivity index (χ1) is 9.50. The monoisotopic (exact) mass is 277 g/mol. The highest BCUT2D eigenvalue weighted by Gasteiger charge is 2.29. The molecule has 0 amide bonds. The molecule has 1 heterocycles. The molecule has 1 N–H and O–H groups in total. The van der Waals surface area contributed by atoms with Crippen molar-refractivity contribution >= 4 is 5.97 Å². The Balaban J connectivity index is 1.79. The van der Waals surface area contributed by atoms with Crippen molar-refractivity contribution in [2.75, 3.05) is 13.2 Å². The van der Waals surface area contributed by atoms with E-state index in [1.807, 2.05) is 13.0 Å². The first-order valence-corrected chi connectivity index (χ1v) is 7.17. The fraction of sp³-hybridized carbons (Fsp3) is 0.562. The lowest BCUT2D eigenvalue weighted by atomic mass is 10.0. The van der Waals surface area contributed by atoms with E-state index in [1.165, 1.54) is 11.1 Å². The predicted octanol–water partition coefficient (Wildman–Crippen LogP) is 2.44. The highest BCUT2D eigenvalue weighted by atomic mass is 16.5. The first kappa shape index (κ1) is 14.9. The number of rotatable bonds is 6. The summed E-state index contributed by atoms with van der Waals surface area (Å²) in [7, 11) is 0. The van der Waals surface area contributed by atoms with E-state index in [9.17, 15) is 4.79 Å². The zero-order chi connectivity index (χ0) is 14.6. The van der Waals surface area contributed by atoms with Crippen LogP contribution in [-0.4, -0.2) is 24.7 Å². The molecule has 1 aliphatic rings. The minimum Gasteiger partial charge on any atom is -0.487 e. The molecule has 0 radical (unpaired) electrons. The quantitative estimate of drug-likeness (QED) is 0.641. The maximum absolute atomic E-state index is 11.2. The summed E-state index contributed by atoms with van der Waals surface area (Å²) in [5, 5.41) is 3.26. The molecule has 1 aromatic rings. The molecule has 1 aliphatic heterocycles. The van der Waals surface area contributed by atoms with Gasteiger partial charge in [0, 0.05) is 19.5 Å². The Morgan fingerprint density at radius 2 is 2.25 bits per heavy atom. The minimum absolute atomic E-state index is 0.0989. The van der Waals surface area contributed by atoms with Gasteiger partial charge in [0.25, 0.3) is 0 Å². The van der Waals surface area contributed by atoms with Crippen LogP contribution in [0.25, 0.3) is 0 Å². The van der Waals surface area contributed by atoms with Gasteiger partial charge in [0.1, 0.15) is 11.4 Å². The first-order valence-electron chi connectivity index (χ1n) is 7.17. The maximum Gasteiger partial charge on any atom is 0.307 e. The molecule has 110 valence electrons. The van der Waals surface area contributed by atoms with Gasteiger partial charge in [0.2, 0.25) is 0 Å². The zero-order valence-corrected chi connectivity index (χ0v) is 12.5. The minimum atomic E-state index is -0.149. The van der Waals surface area contributed by atoms with Gasteiger partial charge in [-0.3, -0.25) is 4.79 Å². The number of esters is 1. The van der Waals surface area contributed by atoms with Crippen LogP contribution in [0.15, 0.2) is 18.2 Å². The molecule has 20 heavy (non-hydrogen) atoms. The van der Waals surface area contributed by atoms with Crippen molar-refractivity contribution in [3.05, 3.63) is 29.3 Å². The van der Waals surface area contributed by atoms with E-state index in [-0.39, 0.29) is 11.6 Å². The molecule has 1 aromatic carbocycles. The fourth-order valence-corrected chi connectivity index (χ4v) is 2.43. The van der Waals surface area contributed by atoms with Crippen molar-refractivity contribution in [1.82, 2.24) is 5.32 Å². The van der Waals surface area contributed by atoms with E-state index < -0.39 is 0 Å². The average Bonchev–Trinajstić information content (AvgIpc) is 2.68.